The standard InChI is InChI=1S/C19H27N7O3S/c1-12-14(13(2)29-25-12)5-6-16(27)20-7-9-26-18-15(11-22-26)17(21-8-10-28-3)23-19(24-18)30-4/h11H,5-10H2,1-4H3,(H,20,27)(H,21,23,24). The van der Waals surface area contributed by atoms with Crippen LogP contribution in [0.5, 0.6) is 0 Å². The van der Waals surface area contributed by atoms with Gasteiger partial charge in [-0.25, -0.2) is 14.6 Å². The monoisotopic (exact) mass is 433 g/mol. The minimum absolute atomic E-state index is 0.0205. The van der Waals surface area contributed by atoms with E-state index in [2.05, 4.69) is 30.9 Å². The zero-order valence-corrected chi connectivity index (χ0v) is 18.5. The lowest BCUT2D eigenvalue weighted by molar-refractivity contribution is -0.121. The summed E-state index contributed by atoms with van der Waals surface area (Å²) >= 11 is 1.47. The normalized spacial score (nSPS) is 11.2. The number of hydrogen-bond acceptors (Lipinski definition) is 9. The van der Waals surface area contributed by atoms with E-state index in [0.29, 0.717) is 44.2 Å². The third-order valence-corrected chi connectivity index (χ3v) is 5.23. The summed E-state index contributed by atoms with van der Waals surface area (Å²) in [6.07, 6.45) is 4.67. The van der Waals surface area contributed by atoms with Gasteiger partial charge in [-0.15, -0.1) is 0 Å². The van der Waals surface area contributed by atoms with Gasteiger partial charge in [0.15, 0.2) is 10.8 Å². The molecular weight excluding hydrogens is 406 g/mol. The quantitative estimate of drug-likeness (QED) is 0.265. The Kier molecular flexibility index (Phi) is 7.63. The maximum absolute atomic E-state index is 12.2. The molecule has 3 rings (SSSR count). The largest absolute Gasteiger partial charge is 0.383 e. The van der Waals surface area contributed by atoms with Gasteiger partial charge in [0.05, 0.1) is 30.4 Å². The molecule has 10 nitrogen and oxygen atoms in total. The van der Waals surface area contributed by atoms with Crippen LogP contribution in [-0.4, -0.2) is 63.9 Å². The zero-order chi connectivity index (χ0) is 21.5. The first-order valence-corrected chi connectivity index (χ1v) is 10.9. The molecule has 11 heteroatoms. The molecule has 0 aliphatic rings. The van der Waals surface area contributed by atoms with Crippen molar-refractivity contribution < 1.29 is 14.1 Å². The fraction of sp³-hybridized carbons (Fsp3) is 0.526. The molecular formula is C19H27N7O3S. The summed E-state index contributed by atoms with van der Waals surface area (Å²) in [5, 5.41) is 16.1. The number of ether oxygens (including phenoxy) is 1. The summed E-state index contributed by atoms with van der Waals surface area (Å²) in [5.41, 5.74) is 2.57. The first-order valence-electron chi connectivity index (χ1n) is 9.72. The summed E-state index contributed by atoms with van der Waals surface area (Å²) < 4.78 is 12.0. The second-order valence-corrected chi connectivity index (χ2v) is 7.51. The maximum Gasteiger partial charge on any atom is 0.220 e. The fourth-order valence-electron chi connectivity index (χ4n) is 3.08. The van der Waals surface area contributed by atoms with Crippen LogP contribution in [0.2, 0.25) is 0 Å². The van der Waals surface area contributed by atoms with Crippen molar-refractivity contribution in [3.8, 4) is 0 Å². The molecule has 0 spiro atoms. The number of nitrogens with one attached hydrogen (secondary N) is 2. The molecule has 3 aromatic rings. The van der Waals surface area contributed by atoms with Gasteiger partial charge in [0.2, 0.25) is 5.91 Å². The van der Waals surface area contributed by atoms with Crippen molar-refractivity contribution in [1.82, 2.24) is 30.2 Å². The van der Waals surface area contributed by atoms with E-state index >= 15 is 0 Å². The zero-order valence-electron chi connectivity index (χ0n) is 17.7. The van der Waals surface area contributed by atoms with Gasteiger partial charge >= 0.3 is 0 Å². The Balaban J connectivity index is 1.59. The Morgan fingerprint density at radius 3 is 2.83 bits per heavy atom. The van der Waals surface area contributed by atoms with E-state index in [4.69, 9.17) is 9.26 Å². The van der Waals surface area contributed by atoms with Crippen molar-refractivity contribution in [2.45, 2.75) is 38.4 Å². The number of aryl methyl sites for hydroxylation is 2. The van der Waals surface area contributed by atoms with Gasteiger partial charge in [0.1, 0.15) is 11.6 Å². The number of hydrogen-bond donors (Lipinski definition) is 2. The van der Waals surface area contributed by atoms with Gasteiger partial charge in [0.25, 0.3) is 0 Å². The number of fused-ring (bicyclic) bond motifs is 1. The summed E-state index contributed by atoms with van der Waals surface area (Å²) in [4.78, 5) is 21.3. The number of anilines is 1. The summed E-state index contributed by atoms with van der Waals surface area (Å²) in [6.45, 7) is 5.94. The first-order chi connectivity index (χ1) is 14.5. The molecule has 1 amide bonds. The Morgan fingerprint density at radius 2 is 2.13 bits per heavy atom. The molecule has 0 saturated heterocycles. The van der Waals surface area contributed by atoms with Crippen LogP contribution in [0.3, 0.4) is 0 Å². The van der Waals surface area contributed by atoms with Crippen molar-refractivity contribution in [2.24, 2.45) is 0 Å². The molecule has 162 valence electrons. The second kappa shape index (κ2) is 10.4. The maximum atomic E-state index is 12.2. The molecule has 0 unspecified atom stereocenters. The number of methoxy groups -OCH3 is 1. The minimum Gasteiger partial charge on any atom is -0.383 e. The SMILES string of the molecule is COCCNc1nc(SC)nc2c1cnn2CCNC(=O)CCc1c(C)noc1C. The minimum atomic E-state index is -0.0205. The molecule has 0 atom stereocenters. The van der Waals surface area contributed by atoms with Crippen LogP contribution in [0.25, 0.3) is 11.0 Å². The number of carbonyl (C=O) groups excluding carboxylic acids is 1. The van der Waals surface area contributed by atoms with Gasteiger partial charge in [0, 0.05) is 32.2 Å². The topological polar surface area (TPSA) is 120 Å². The van der Waals surface area contributed by atoms with Gasteiger partial charge in [-0.05, 0) is 26.5 Å². The lowest BCUT2D eigenvalue weighted by atomic mass is 10.1. The molecule has 2 N–H and O–H groups in total. The number of thioether (sulfide) groups is 1. The van der Waals surface area contributed by atoms with E-state index in [1.165, 1.54) is 11.8 Å². The second-order valence-electron chi connectivity index (χ2n) is 6.74. The molecule has 0 fully saturated rings. The van der Waals surface area contributed by atoms with Crippen molar-refractivity contribution in [3.05, 3.63) is 23.2 Å². The Labute approximate surface area is 179 Å². The number of nitrogens with zero attached hydrogens (tertiary/aromatic N) is 5. The van der Waals surface area contributed by atoms with Crippen LogP contribution in [0.4, 0.5) is 5.82 Å². The van der Waals surface area contributed by atoms with E-state index in [1.807, 2.05) is 20.1 Å². The molecule has 0 bridgehead atoms. The number of rotatable bonds is 11. The van der Waals surface area contributed by atoms with E-state index in [0.717, 1.165) is 33.9 Å². The Bertz CT molecular complexity index is 982. The Hall–Kier alpha value is -2.66. The lowest BCUT2D eigenvalue weighted by Crippen LogP contribution is -2.27. The van der Waals surface area contributed by atoms with Gasteiger partial charge < -0.3 is 19.9 Å². The highest BCUT2D eigenvalue weighted by Gasteiger charge is 2.14. The first kappa shape index (κ1) is 22.0. The van der Waals surface area contributed by atoms with E-state index < -0.39 is 0 Å². The average molecular weight is 434 g/mol. The number of carbonyl (C=O) groups is 1. The van der Waals surface area contributed by atoms with Gasteiger partial charge in [-0.1, -0.05) is 16.9 Å². The molecule has 3 aromatic heterocycles. The van der Waals surface area contributed by atoms with Crippen LogP contribution >= 0.6 is 11.8 Å². The third kappa shape index (κ3) is 5.28. The van der Waals surface area contributed by atoms with Crippen LogP contribution in [0, 0.1) is 13.8 Å². The Morgan fingerprint density at radius 1 is 1.30 bits per heavy atom. The third-order valence-electron chi connectivity index (χ3n) is 4.69. The van der Waals surface area contributed by atoms with Crippen LogP contribution in [0.1, 0.15) is 23.4 Å². The molecule has 0 aliphatic carbocycles. The van der Waals surface area contributed by atoms with Crippen LogP contribution in [-0.2, 0) is 22.5 Å². The van der Waals surface area contributed by atoms with Crippen LogP contribution < -0.4 is 10.6 Å². The van der Waals surface area contributed by atoms with Gasteiger partial charge in [-0.2, -0.15) is 5.10 Å². The van der Waals surface area contributed by atoms with Crippen molar-refractivity contribution >= 4 is 34.5 Å². The molecule has 3 heterocycles. The predicted molar refractivity (Wildman–Crippen MR) is 115 cm³/mol. The highest BCUT2D eigenvalue weighted by atomic mass is 32.2. The summed E-state index contributed by atoms with van der Waals surface area (Å²) in [7, 11) is 1.66. The van der Waals surface area contributed by atoms with Crippen molar-refractivity contribution in [1.29, 1.82) is 0 Å². The van der Waals surface area contributed by atoms with Crippen molar-refractivity contribution in [2.75, 3.05) is 38.4 Å². The van der Waals surface area contributed by atoms with Gasteiger partial charge in [-0.3, -0.25) is 4.79 Å². The van der Waals surface area contributed by atoms with Crippen LogP contribution in [0.15, 0.2) is 15.9 Å². The molecule has 30 heavy (non-hydrogen) atoms. The van der Waals surface area contributed by atoms with E-state index in [1.54, 1.807) is 18.0 Å². The highest BCUT2D eigenvalue weighted by molar-refractivity contribution is 7.98. The predicted octanol–water partition coefficient (Wildman–Crippen LogP) is 1.96. The smallest absolute Gasteiger partial charge is 0.220 e. The highest BCUT2D eigenvalue weighted by Crippen LogP contribution is 2.23. The van der Waals surface area contributed by atoms with E-state index in [-0.39, 0.29) is 5.91 Å². The average Bonchev–Trinajstić information content (AvgIpc) is 3.29. The molecule has 0 aliphatic heterocycles. The number of amides is 1. The molecule has 0 saturated carbocycles. The lowest BCUT2D eigenvalue weighted by Gasteiger charge is -2.09. The summed E-state index contributed by atoms with van der Waals surface area (Å²) in [6, 6.07) is 0. The number of aromatic nitrogens is 5. The van der Waals surface area contributed by atoms with Crippen molar-refractivity contribution in [3.63, 3.8) is 0 Å². The molecule has 0 radical (unpaired) electrons. The van der Waals surface area contributed by atoms with E-state index in [9.17, 15) is 4.79 Å². The molecule has 0 aromatic carbocycles. The summed E-state index contributed by atoms with van der Waals surface area (Å²) in [5.74, 6) is 1.48. The fourth-order valence-corrected chi connectivity index (χ4v) is 3.44.